The van der Waals surface area contributed by atoms with E-state index in [1.54, 1.807) is 6.07 Å². The minimum absolute atomic E-state index is 0.0428. The molecule has 0 saturated carbocycles. The predicted molar refractivity (Wildman–Crippen MR) is 101 cm³/mol. The molecule has 0 spiro atoms. The molecule has 0 unspecified atom stereocenters. The van der Waals surface area contributed by atoms with E-state index in [0.29, 0.717) is 11.6 Å². The number of anilines is 1. The van der Waals surface area contributed by atoms with Crippen LogP contribution in [0, 0.1) is 5.82 Å². The monoisotopic (exact) mass is 370 g/mol. The molecule has 4 rings (SSSR count). The number of carbonyl (C=O) groups is 1. The Bertz CT molecular complexity index is 952. The molecular formula is C19H19FN4OS. The topological polar surface area (TPSA) is 58.1 Å². The van der Waals surface area contributed by atoms with E-state index in [1.807, 2.05) is 29.3 Å². The highest BCUT2D eigenvalue weighted by atomic mass is 32.1. The number of likely N-dealkylation sites (tertiary alicyclic amines) is 1. The molecule has 1 saturated heterocycles. The molecular weight excluding hydrogens is 351 g/mol. The molecule has 1 aliphatic rings. The van der Waals surface area contributed by atoms with Gasteiger partial charge in [0.25, 0.3) is 5.91 Å². The minimum atomic E-state index is -0.282. The molecule has 7 heteroatoms. The zero-order valence-electron chi connectivity index (χ0n) is 14.4. The van der Waals surface area contributed by atoms with Gasteiger partial charge in [-0.3, -0.25) is 4.79 Å². The first-order valence-electron chi connectivity index (χ1n) is 8.68. The molecule has 1 amide bonds. The summed E-state index contributed by atoms with van der Waals surface area (Å²) in [4.78, 5) is 23.8. The van der Waals surface area contributed by atoms with Crippen LogP contribution in [0.1, 0.15) is 41.9 Å². The van der Waals surface area contributed by atoms with Crippen molar-refractivity contribution < 1.29 is 9.18 Å². The van der Waals surface area contributed by atoms with Crippen molar-refractivity contribution in [2.75, 3.05) is 18.4 Å². The molecule has 1 aromatic carbocycles. The van der Waals surface area contributed by atoms with E-state index in [-0.39, 0.29) is 17.8 Å². The van der Waals surface area contributed by atoms with Gasteiger partial charge in [0.05, 0.1) is 16.3 Å². The molecule has 26 heavy (non-hydrogen) atoms. The Labute approximate surface area is 154 Å². The van der Waals surface area contributed by atoms with Gasteiger partial charge >= 0.3 is 0 Å². The summed E-state index contributed by atoms with van der Waals surface area (Å²) in [7, 11) is 0. The van der Waals surface area contributed by atoms with Crippen LogP contribution in [0.5, 0.6) is 0 Å². The van der Waals surface area contributed by atoms with Gasteiger partial charge in [-0.15, -0.1) is 11.3 Å². The number of aromatic nitrogens is 2. The van der Waals surface area contributed by atoms with E-state index in [9.17, 15) is 9.18 Å². The quantitative estimate of drug-likeness (QED) is 0.746. The predicted octanol–water partition coefficient (Wildman–Crippen LogP) is 4.24. The van der Waals surface area contributed by atoms with Crippen LogP contribution >= 0.6 is 11.3 Å². The first kappa shape index (κ1) is 16.9. The number of nitrogens with zero attached hydrogens (tertiary/aromatic N) is 3. The van der Waals surface area contributed by atoms with Crippen molar-refractivity contribution in [2.24, 2.45) is 0 Å². The van der Waals surface area contributed by atoms with Crippen molar-refractivity contribution in [2.45, 2.75) is 25.8 Å². The molecule has 3 aromatic rings. The number of nitrogens with one attached hydrogen (secondary N) is 1. The first-order chi connectivity index (χ1) is 12.6. The molecule has 5 nitrogen and oxygen atoms in total. The Balaban J connectivity index is 1.66. The molecule has 0 aliphatic carbocycles. The highest BCUT2D eigenvalue weighted by Gasteiger charge is 2.24. The van der Waals surface area contributed by atoms with Crippen molar-refractivity contribution in [1.82, 2.24) is 14.9 Å². The van der Waals surface area contributed by atoms with Gasteiger partial charge in [-0.25, -0.2) is 14.4 Å². The first-order valence-corrected chi connectivity index (χ1v) is 9.56. The lowest BCUT2D eigenvalue weighted by molar-refractivity contribution is 0.0789. The Morgan fingerprint density at radius 1 is 1.27 bits per heavy atom. The van der Waals surface area contributed by atoms with Crippen LogP contribution in [0.4, 0.5) is 10.3 Å². The number of hydrogen-bond donors (Lipinski definition) is 1. The molecule has 1 fully saturated rings. The number of carbonyl (C=O) groups excluding carboxylic acids is 1. The van der Waals surface area contributed by atoms with Gasteiger partial charge in [-0.1, -0.05) is 12.1 Å². The lowest BCUT2D eigenvalue weighted by Gasteiger charge is -2.17. The SMILES string of the molecule is C[C@H](Nc1nc(C(=O)N2CCCC2)c2sccc2n1)c1cccc(F)c1. The van der Waals surface area contributed by atoms with Crippen molar-refractivity contribution in [3.8, 4) is 0 Å². The van der Waals surface area contributed by atoms with Crippen LogP contribution in [-0.4, -0.2) is 33.9 Å². The smallest absolute Gasteiger partial charge is 0.274 e. The fourth-order valence-electron chi connectivity index (χ4n) is 3.20. The summed E-state index contributed by atoms with van der Waals surface area (Å²) in [5.74, 6) is 0.0595. The average molecular weight is 370 g/mol. The second-order valence-corrected chi connectivity index (χ2v) is 7.37. The second kappa shape index (κ2) is 6.99. The fourth-order valence-corrected chi connectivity index (χ4v) is 4.01. The van der Waals surface area contributed by atoms with Gasteiger partial charge in [0.1, 0.15) is 5.82 Å². The highest BCUT2D eigenvalue weighted by Crippen LogP contribution is 2.27. The standard InChI is InChI=1S/C19H19FN4OS/c1-12(13-5-4-6-14(20)11-13)21-19-22-15-7-10-26-17(15)16(23-19)18(25)24-8-2-3-9-24/h4-7,10-12H,2-3,8-9H2,1H3,(H,21,22,23)/t12-/m0/s1. The van der Waals surface area contributed by atoms with Gasteiger partial charge in [0, 0.05) is 13.1 Å². The Hall–Kier alpha value is -2.54. The maximum atomic E-state index is 13.5. The third kappa shape index (κ3) is 3.26. The number of halogens is 1. The van der Waals surface area contributed by atoms with Crippen LogP contribution in [0.15, 0.2) is 35.7 Å². The summed E-state index contributed by atoms with van der Waals surface area (Å²) >= 11 is 1.48. The zero-order valence-corrected chi connectivity index (χ0v) is 15.2. The molecule has 134 valence electrons. The fraction of sp³-hybridized carbons (Fsp3) is 0.316. The van der Waals surface area contributed by atoms with E-state index in [2.05, 4.69) is 15.3 Å². The average Bonchev–Trinajstić information content (AvgIpc) is 3.32. The number of hydrogen-bond acceptors (Lipinski definition) is 5. The van der Waals surface area contributed by atoms with E-state index < -0.39 is 0 Å². The van der Waals surface area contributed by atoms with Crippen molar-refractivity contribution >= 4 is 33.4 Å². The molecule has 2 aromatic heterocycles. The summed E-state index contributed by atoms with van der Waals surface area (Å²) in [6.07, 6.45) is 2.07. The molecule has 1 aliphatic heterocycles. The largest absolute Gasteiger partial charge is 0.348 e. The van der Waals surface area contributed by atoms with Gasteiger partial charge in [0.15, 0.2) is 5.69 Å². The Morgan fingerprint density at radius 3 is 2.85 bits per heavy atom. The van der Waals surface area contributed by atoms with Gasteiger partial charge in [0.2, 0.25) is 5.95 Å². The van der Waals surface area contributed by atoms with Crippen LogP contribution in [0.25, 0.3) is 10.2 Å². The van der Waals surface area contributed by atoms with Crippen molar-refractivity contribution in [1.29, 1.82) is 0 Å². The Kier molecular flexibility index (Phi) is 4.55. The van der Waals surface area contributed by atoms with Crippen LogP contribution < -0.4 is 5.32 Å². The van der Waals surface area contributed by atoms with Gasteiger partial charge in [-0.05, 0) is 48.9 Å². The maximum absolute atomic E-state index is 13.5. The normalized spacial score (nSPS) is 15.4. The molecule has 3 heterocycles. The summed E-state index contributed by atoms with van der Waals surface area (Å²) in [5, 5.41) is 5.11. The maximum Gasteiger partial charge on any atom is 0.274 e. The summed E-state index contributed by atoms with van der Waals surface area (Å²) in [6.45, 7) is 3.47. The number of fused-ring (bicyclic) bond motifs is 1. The molecule has 1 N–H and O–H groups in total. The van der Waals surface area contributed by atoms with Crippen molar-refractivity contribution in [3.63, 3.8) is 0 Å². The lowest BCUT2D eigenvalue weighted by Crippen LogP contribution is -2.28. The number of benzene rings is 1. The van der Waals surface area contributed by atoms with Crippen LogP contribution in [-0.2, 0) is 0 Å². The number of thiophene rings is 1. The van der Waals surface area contributed by atoms with Crippen molar-refractivity contribution in [3.05, 3.63) is 52.8 Å². The summed E-state index contributed by atoms with van der Waals surface area (Å²) in [6, 6.07) is 8.12. The molecule has 0 radical (unpaired) electrons. The minimum Gasteiger partial charge on any atom is -0.348 e. The van der Waals surface area contributed by atoms with E-state index in [0.717, 1.165) is 41.7 Å². The summed E-state index contributed by atoms with van der Waals surface area (Å²) in [5.41, 5.74) is 1.99. The third-order valence-corrected chi connectivity index (χ3v) is 5.50. The molecule has 0 bridgehead atoms. The van der Waals surface area contributed by atoms with E-state index >= 15 is 0 Å². The van der Waals surface area contributed by atoms with E-state index in [1.165, 1.54) is 23.5 Å². The third-order valence-electron chi connectivity index (χ3n) is 4.59. The van der Waals surface area contributed by atoms with Crippen LogP contribution in [0.3, 0.4) is 0 Å². The van der Waals surface area contributed by atoms with E-state index in [4.69, 9.17) is 0 Å². The lowest BCUT2D eigenvalue weighted by atomic mass is 10.1. The van der Waals surface area contributed by atoms with Gasteiger partial charge < -0.3 is 10.2 Å². The summed E-state index contributed by atoms with van der Waals surface area (Å²) < 4.78 is 14.3. The Morgan fingerprint density at radius 2 is 2.08 bits per heavy atom. The van der Waals surface area contributed by atoms with Gasteiger partial charge in [-0.2, -0.15) is 0 Å². The number of rotatable bonds is 4. The molecule has 1 atom stereocenters. The second-order valence-electron chi connectivity index (χ2n) is 6.45. The zero-order chi connectivity index (χ0) is 18.1. The highest BCUT2D eigenvalue weighted by molar-refractivity contribution is 7.17. The number of amides is 1. The van der Waals surface area contributed by atoms with Crippen LogP contribution in [0.2, 0.25) is 0 Å².